The lowest BCUT2D eigenvalue weighted by atomic mass is 9.97. The third-order valence-electron chi connectivity index (χ3n) is 5.00. The minimum absolute atomic E-state index is 0.146. The van der Waals surface area contributed by atoms with Gasteiger partial charge in [0.1, 0.15) is 5.75 Å². The number of hydrogen-bond donors (Lipinski definition) is 2. The minimum atomic E-state index is -0.146. The van der Waals surface area contributed by atoms with Gasteiger partial charge in [-0.3, -0.25) is 4.79 Å². The van der Waals surface area contributed by atoms with Crippen molar-refractivity contribution in [1.82, 2.24) is 10.2 Å². The number of benzene rings is 1. The van der Waals surface area contributed by atoms with Crippen LogP contribution in [0.5, 0.6) is 5.75 Å². The van der Waals surface area contributed by atoms with E-state index in [0.717, 1.165) is 12.8 Å². The first-order chi connectivity index (χ1) is 10.5. The van der Waals surface area contributed by atoms with Crippen molar-refractivity contribution in [2.45, 2.75) is 43.8 Å². The first kappa shape index (κ1) is 15.4. The van der Waals surface area contributed by atoms with E-state index in [1.54, 1.807) is 12.1 Å². The number of nitrogens with one attached hydrogen (secondary N) is 1. The number of carbonyl (C=O) groups excluding carboxylic acids is 1. The molecule has 3 rings (SSSR count). The molecule has 2 unspecified atom stereocenters. The van der Waals surface area contributed by atoms with E-state index in [4.69, 9.17) is 22.1 Å². The molecular formula is C16H22ClN3O2. The lowest BCUT2D eigenvalue weighted by Crippen LogP contribution is -2.48. The molecule has 1 aromatic rings. The van der Waals surface area contributed by atoms with Crippen LogP contribution in [0.15, 0.2) is 12.1 Å². The number of rotatable bonds is 3. The second kappa shape index (κ2) is 5.97. The van der Waals surface area contributed by atoms with Gasteiger partial charge in [-0.25, -0.2) is 0 Å². The van der Waals surface area contributed by atoms with Gasteiger partial charge >= 0.3 is 0 Å². The monoisotopic (exact) mass is 323 g/mol. The fourth-order valence-corrected chi connectivity index (χ4v) is 3.87. The summed E-state index contributed by atoms with van der Waals surface area (Å²) in [5.74, 6) is 0.308. The molecule has 2 saturated heterocycles. The summed E-state index contributed by atoms with van der Waals surface area (Å²) in [5, 5.41) is 3.50. The summed E-state index contributed by atoms with van der Waals surface area (Å²) in [6, 6.07) is 4.55. The quantitative estimate of drug-likeness (QED) is 0.837. The summed E-state index contributed by atoms with van der Waals surface area (Å²) in [5.41, 5.74) is 6.61. The molecule has 2 atom stereocenters. The van der Waals surface area contributed by atoms with Crippen molar-refractivity contribution in [1.29, 1.82) is 0 Å². The number of hydrogen-bond acceptors (Lipinski definition) is 4. The zero-order valence-corrected chi connectivity index (χ0v) is 13.7. The zero-order valence-electron chi connectivity index (χ0n) is 12.9. The molecule has 22 heavy (non-hydrogen) atoms. The van der Waals surface area contributed by atoms with Gasteiger partial charge < -0.3 is 20.7 Å². The SMILES string of the molecule is COc1cc(N)c(Cl)cc1C(=O)NC1CC2CCC(C1)N2C. The highest BCUT2D eigenvalue weighted by molar-refractivity contribution is 6.33. The maximum atomic E-state index is 12.6. The zero-order chi connectivity index (χ0) is 15.9. The normalized spacial score (nSPS) is 27.7. The molecule has 3 N–H and O–H groups in total. The third-order valence-corrected chi connectivity index (χ3v) is 5.32. The number of methoxy groups -OCH3 is 1. The number of fused-ring (bicyclic) bond motifs is 2. The summed E-state index contributed by atoms with van der Waals surface area (Å²) in [7, 11) is 3.71. The highest BCUT2D eigenvalue weighted by Crippen LogP contribution is 2.35. The summed E-state index contributed by atoms with van der Waals surface area (Å²) < 4.78 is 5.26. The maximum Gasteiger partial charge on any atom is 0.255 e. The molecule has 1 amide bonds. The van der Waals surface area contributed by atoms with E-state index < -0.39 is 0 Å². The topological polar surface area (TPSA) is 67.6 Å². The van der Waals surface area contributed by atoms with E-state index in [0.29, 0.717) is 34.1 Å². The fraction of sp³-hybridized carbons (Fsp3) is 0.562. The lowest BCUT2D eigenvalue weighted by Gasteiger charge is -2.36. The largest absolute Gasteiger partial charge is 0.496 e. The van der Waals surface area contributed by atoms with Crippen LogP contribution in [0.4, 0.5) is 5.69 Å². The Balaban J connectivity index is 1.74. The Labute approximate surface area is 135 Å². The summed E-state index contributed by atoms with van der Waals surface area (Å²) >= 11 is 6.04. The highest BCUT2D eigenvalue weighted by atomic mass is 35.5. The molecule has 0 aromatic heterocycles. The number of amides is 1. The first-order valence-corrected chi connectivity index (χ1v) is 8.03. The van der Waals surface area contributed by atoms with Crippen LogP contribution in [0.1, 0.15) is 36.0 Å². The average molecular weight is 324 g/mol. The predicted octanol–water partition coefficient (Wildman–Crippen LogP) is 2.29. The van der Waals surface area contributed by atoms with E-state index in [2.05, 4.69) is 17.3 Å². The Hall–Kier alpha value is -1.46. The number of nitrogens with two attached hydrogens (primary N) is 1. The molecule has 2 bridgehead atoms. The number of piperidine rings is 1. The second-order valence-electron chi connectivity index (χ2n) is 6.27. The van der Waals surface area contributed by atoms with E-state index >= 15 is 0 Å². The van der Waals surface area contributed by atoms with Gasteiger partial charge in [0.05, 0.1) is 23.4 Å². The average Bonchev–Trinajstić information content (AvgIpc) is 2.72. The maximum absolute atomic E-state index is 12.6. The molecule has 2 heterocycles. The van der Waals surface area contributed by atoms with Gasteiger partial charge in [0.15, 0.2) is 0 Å². The van der Waals surface area contributed by atoms with Crippen LogP contribution in [-0.2, 0) is 0 Å². The minimum Gasteiger partial charge on any atom is -0.496 e. The van der Waals surface area contributed by atoms with Gasteiger partial charge in [-0.1, -0.05) is 11.6 Å². The third kappa shape index (κ3) is 2.75. The van der Waals surface area contributed by atoms with Crippen LogP contribution < -0.4 is 15.8 Å². The van der Waals surface area contributed by atoms with E-state index in [1.807, 2.05) is 0 Å². The van der Waals surface area contributed by atoms with Gasteiger partial charge in [0.2, 0.25) is 0 Å². The van der Waals surface area contributed by atoms with Crippen molar-refractivity contribution in [3.63, 3.8) is 0 Å². The van der Waals surface area contributed by atoms with Crippen molar-refractivity contribution in [3.8, 4) is 5.75 Å². The lowest BCUT2D eigenvalue weighted by molar-refractivity contribution is 0.0879. The molecule has 1 aromatic carbocycles. The molecule has 6 heteroatoms. The van der Waals surface area contributed by atoms with E-state index in [9.17, 15) is 4.79 Å². The Morgan fingerprint density at radius 1 is 1.36 bits per heavy atom. The number of carbonyl (C=O) groups is 1. The van der Waals surface area contributed by atoms with Crippen LogP contribution in [0.3, 0.4) is 0 Å². The van der Waals surface area contributed by atoms with Crippen LogP contribution in [0.25, 0.3) is 0 Å². The Kier molecular flexibility index (Phi) is 4.19. The summed E-state index contributed by atoms with van der Waals surface area (Å²) in [6.07, 6.45) is 4.46. The molecule has 0 aliphatic carbocycles. The van der Waals surface area contributed by atoms with Gasteiger partial charge in [0, 0.05) is 24.2 Å². The highest BCUT2D eigenvalue weighted by Gasteiger charge is 2.39. The molecular weight excluding hydrogens is 302 g/mol. The molecule has 120 valence electrons. The molecule has 0 radical (unpaired) electrons. The summed E-state index contributed by atoms with van der Waals surface area (Å²) in [4.78, 5) is 15.0. The Morgan fingerprint density at radius 2 is 2.00 bits per heavy atom. The van der Waals surface area contributed by atoms with Gasteiger partial charge in [-0.05, 0) is 38.8 Å². The van der Waals surface area contributed by atoms with E-state index in [1.165, 1.54) is 20.0 Å². The van der Waals surface area contributed by atoms with Crippen LogP contribution in [0.2, 0.25) is 5.02 Å². The van der Waals surface area contributed by atoms with Crippen molar-refractivity contribution in [3.05, 3.63) is 22.7 Å². The smallest absolute Gasteiger partial charge is 0.255 e. The van der Waals surface area contributed by atoms with Crippen molar-refractivity contribution < 1.29 is 9.53 Å². The van der Waals surface area contributed by atoms with Crippen LogP contribution in [0, 0.1) is 0 Å². The Bertz CT molecular complexity index is 579. The number of anilines is 1. The molecule has 0 spiro atoms. The molecule has 0 saturated carbocycles. The number of halogens is 1. The molecule has 2 aliphatic rings. The summed E-state index contributed by atoms with van der Waals surface area (Å²) in [6.45, 7) is 0. The Morgan fingerprint density at radius 3 is 2.59 bits per heavy atom. The van der Waals surface area contributed by atoms with Crippen LogP contribution >= 0.6 is 11.6 Å². The number of nitrogens with zero attached hydrogens (tertiary/aromatic N) is 1. The molecule has 2 aliphatic heterocycles. The van der Waals surface area contributed by atoms with Gasteiger partial charge in [0.25, 0.3) is 5.91 Å². The fourth-order valence-electron chi connectivity index (χ4n) is 3.71. The van der Waals surface area contributed by atoms with Crippen molar-refractivity contribution >= 4 is 23.2 Å². The standard InChI is InChI=1S/C16H22ClN3O2/c1-20-10-3-4-11(20)6-9(5-10)19-16(21)12-7-13(17)14(18)8-15(12)22-2/h7-11H,3-6,18H2,1-2H3,(H,19,21). The van der Waals surface area contributed by atoms with E-state index in [-0.39, 0.29) is 11.9 Å². The van der Waals surface area contributed by atoms with Crippen LogP contribution in [-0.4, -0.2) is 43.1 Å². The van der Waals surface area contributed by atoms with Gasteiger partial charge in [-0.2, -0.15) is 0 Å². The number of ether oxygens (including phenoxy) is 1. The van der Waals surface area contributed by atoms with Gasteiger partial charge in [-0.15, -0.1) is 0 Å². The predicted molar refractivity (Wildman–Crippen MR) is 87.5 cm³/mol. The first-order valence-electron chi connectivity index (χ1n) is 7.65. The second-order valence-corrected chi connectivity index (χ2v) is 6.67. The van der Waals surface area contributed by atoms with Crippen molar-refractivity contribution in [2.24, 2.45) is 0 Å². The van der Waals surface area contributed by atoms with Crippen molar-refractivity contribution in [2.75, 3.05) is 19.9 Å². The number of nitrogen functional groups attached to an aromatic ring is 1. The molecule has 2 fully saturated rings. The molecule has 5 nitrogen and oxygen atoms in total.